The molecule has 1 heterocycles. The van der Waals surface area contributed by atoms with Crippen molar-refractivity contribution >= 4 is 5.91 Å². The van der Waals surface area contributed by atoms with Gasteiger partial charge < -0.3 is 10.0 Å². The van der Waals surface area contributed by atoms with E-state index in [9.17, 15) is 9.90 Å². The number of β-amino-alcohol motifs (C(OH)–C–C–N with tert-alkyl or cyclic N) is 1. The van der Waals surface area contributed by atoms with Crippen LogP contribution in [0.25, 0.3) is 0 Å². The van der Waals surface area contributed by atoms with Gasteiger partial charge in [0, 0.05) is 26.7 Å². The molecule has 0 aliphatic carbocycles. The van der Waals surface area contributed by atoms with Gasteiger partial charge in [0.25, 0.3) is 0 Å². The average Bonchev–Trinajstić information content (AvgIpc) is 3.09. The van der Waals surface area contributed by atoms with Gasteiger partial charge in [-0.25, -0.2) is 0 Å². The Hall–Kier alpha value is -2.17. The van der Waals surface area contributed by atoms with Crippen LogP contribution in [0.3, 0.4) is 0 Å². The van der Waals surface area contributed by atoms with E-state index in [1.54, 1.807) is 6.08 Å². The van der Waals surface area contributed by atoms with E-state index in [1.807, 2.05) is 42.3 Å². The van der Waals surface area contributed by atoms with E-state index in [-0.39, 0.29) is 18.1 Å². The van der Waals surface area contributed by atoms with Gasteiger partial charge in [0.1, 0.15) is 0 Å². The van der Waals surface area contributed by atoms with Crippen LogP contribution in [0, 0.1) is 0 Å². The lowest BCUT2D eigenvalue weighted by Crippen LogP contribution is -2.39. The largest absolute Gasteiger partial charge is 0.392 e. The van der Waals surface area contributed by atoms with Gasteiger partial charge in [-0.2, -0.15) is 0 Å². The summed E-state index contributed by atoms with van der Waals surface area (Å²) in [7, 11) is 1.88. The number of carbonyl (C=O) groups excluding carboxylic acids is 1. The predicted molar refractivity (Wildman–Crippen MR) is 111 cm³/mol. The van der Waals surface area contributed by atoms with Crippen molar-refractivity contribution in [1.82, 2.24) is 9.80 Å². The van der Waals surface area contributed by atoms with Crippen molar-refractivity contribution in [2.24, 2.45) is 0 Å². The lowest BCUT2D eigenvalue weighted by molar-refractivity contribution is -0.131. The Kier molecular flexibility index (Phi) is 8.49. The predicted octanol–water partition coefficient (Wildman–Crippen LogP) is 3.72. The summed E-state index contributed by atoms with van der Waals surface area (Å²) in [5, 5.41) is 9.85. The number of nitrogens with zero attached hydrogens (tertiary/aromatic N) is 2. The number of hydrogen-bond acceptors (Lipinski definition) is 3. The second kappa shape index (κ2) is 10.9. The summed E-state index contributed by atoms with van der Waals surface area (Å²) in [4.78, 5) is 17.1. The van der Waals surface area contributed by atoms with E-state index < -0.39 is 0 Å². The number of rotatable bonds is 9. The minimum Gasteiger partial charge on any atom is -0.392 e. The van der Waals surface area contributed by atoms with E-state index in [1.165, 1.54) is 0 Å². The first-order valence-corrected chi connectivity index (χ1v) is 9.74. The summed E-state index contributed by atoms with van der Waals surface area (Å²) >= 11 is 0. The lowest BCUT2D eigenvalue weighted by atomic mass is 10.0. The van der Waals surface area contributed by atoms with E-state index in [0.29, 0.717) is 13.0 Å². The molecule has 2 atom stereocenters. The summed E-state index contributed by atoms with van der Waals surface area (Å²) in [6, 6.07) is 10.1. The molecule has 4 heteroatoms. The average molecular weight is 369 g/mol. The first-order valence-electron chi connectivity index (χ1n) is 9.74. The maximum atomic E-state index is 13.0. The molecule has 0 bridgehead atoms. The first-order chi connectivity index (χ1) is 13.0. The molecule has 146 valence electrons. The summed E-state index contributed by atoms with van der Waals surface area (Å²) in [5.41, 5.74) is 2.13. The zero-order valence-corrected chi connectivity index (χ0v) is 16.6. The molecule has 2 rings (SSSR count). The molecular weight excluding hydrogens is 336 g/mol. The molecule has 1 amide bonds. The van der Waals surface area contributed by atoms with Crippen LogP contribution in [-0.4, -0.2) is 53.6 Å². The standard InChI is InChI=1S/C23H32N2O2/c1-4-6-11-19(10-5-2)16-23(27)24(3)22(20-12-8-7-9-13-20)18-25-15-14-21(26)17-25/h4,6-13,21-22,26H,1,5,14-18H2,2-3H3/b11-6-,19-10+/t21-,22?/m0/s1. The summed E-state index contributed by atoms with van der Waals surface area (Å²) < 4.78 is 0. The fourth-order valence-electron chi connectivity index (χ4n) is 3.48. The Bertz CT molecular complexity index is 666. The van der Waals surface area contributed by atoms with Gasteiger partial charge in [-0.05, 0) is 24.0 Å². The highest BCUT2D eigenvalue weighted by molar-refractivity contribution is 5.79. The van der Waals surface area contributed by atoms with Crippen LogP contribution in [0.2, 0.25) is 0 Å². The molecule has 1 saturated heterocycles. The number of benzene rings is 1. The van der Waals surface area contributed by atoms with E-state index in [4.69, 9.17) is 0 Å². The molecule has 27 heavy (non-hydrogen) atoms. The fourth-order valence-corrected chi connectivity index (χ4v) is 3.48. The van der Waals surface area contributed by atoms with E-state index in [2.05, 4.69) is 36.6 Å². The molecule has 1 N–H and O–H groups in total. The van der Waals surface area contributed by atoms with E-state index >= 15 is 0 Å². The summed E-state index contributed by atoms with van der Waals surface area (Å²) in [5.74, 6) is 0.0945. The third-order valence-corrected chi connectivity index (χ3v) is 4.99. The molecular formula is C23H32N2O2. The Labute approximate surface area is 163 Å². The molecule has 1 aromatic carbocycles. The molecule has 1 fully saturated rings. The van der Waals surface area contributed by atoms with Crippen molar-refractivity contribution in [3.63, 3.8) is 0 Å². The van der Waals surface area contributed by atoms with Crippen LogP contribution in [0.15, 0.2) is 66.8 Å². The summed E-state index contributed by atoms with van der Waals surface area (Å²) in [6.45, 7) is 8.05. The molecule has 1 aliphatic heterocycles. The highest BCUT2D eigenvalue weighted by Crippen LogP contribution is 2.24. The number of hydrogen-bond donors (Lipinski definition) is 1. The van der Waals surface area contributed by atoms with Gasteiger partial charge >= 0.3 is 0 Å². The van der Waals surface area contributed by atoms with Gasteiger partial charge in [-0.1, -0.05) is 68.1 Å². The number of likely N-dealkylation sites (N-methyl/N-ethyl adjacent to an activating group) is 1. The van der Waals surface area contributed by atoms with Crippen molar-refractivity contribution in [3.05, 3.63) is 72.4 Å². The van der Waals surface area contributed by atoms with Crippen LogP contribution >= 0.6 is 0 Å². The number of likely N-dealkylation sites (tertiary alicyclic amines) is 1. The minimum atomic E-state index is -0.259. The summed E-state index contributed by atoms with van der Waals surface area (Å²) in [6.07, 6.45) is 9.44. The van der Waals surface area contributed by atoms with Crippen LogP contribution in [0.4, 0.5) is 0 Å². The molecule has 0 saturated carbocycles. The fraction of sp³-hybridized carbons (Fsp3) is 0.435. The Morgan fingerprint density at radius 1 is 1.41 bits per heavy atom. The number of carbonyl (C=O) groups is 1. The Morgan fingerprint density at radius 3 is 2.74 bits per heavy atom. The number of aliphatic hydroxyl groups is 1. The van der Waals surface area contributed by atoms with Gasteiger partial charge in [-0.3, -0.25) is 9.69 Å². The maximum Gasteiger partial charge on any atom is 0.227 e. The molecule has 4 nitrogen and oxygen atoms in total. The first kappa shape index (κ1) is 21.1. The van der Waals surface area contributed by atoms with Crippen LogP contribution in [0.1, 0.15) is 37.8 Å². The van der Waals surface area contributed by atoms with E-state index in [0.717, 1.165) is 37.1 Å². The quantitative estimate of drug-likeness (QED) is 0.676. The molecule has 1 unspecified atom stereocenters. The molecule has 0 radical (unpaired) electrons. The third kappa shape index (κ3) is 6.49. The van der Waals surface area contributed by atoms with Crippen LogP contribution in [-0.2, 0) is 4.79 Å². The van der Waals surface area contributed by atoms with Crippen molar-refractivity contribution in [1.29, 1.82) is 0 Å². The number of aliphatic hydroxyl groups excluding tert-OH is 1. The zero-order valence-electron chi connectivity index (χ0n) is 16.6. The number of allylic oxidation sites excluding steroid dienone is 4. The topological polar surface area (TPSA) is 43.8 Å². The lowest BCUT2D eigenvalue weighted by Gasteiger charge is -2.32. The monoisotopic (exact) mass is 368 g/mol. The second-order valence-corrected chi connectivity index (χ2v) is 7.09. The molecule has 1 aromatic rings. The van der Waals surface area contributed by atoms with Crippen LogP contribution in [0.5, 0.6) is 0 Å². The normalized spacial score (nSPS) is 19.4. The molecule has 1 aliphatic rings. The maximum absolute atomic E-state index is 13.0. The van der Waals surface area contributed by atoms with Crippen molar-refractivity contribution in [3.8, 4) is 0 Å². The van der Waals surface area contributed by atoms with Gasteiger partial charge in [0.15, 0.2) is 0 Å². The molecule has 0 aromatic heterocycles. The van der Waals surface area contributed by atoms with Gasteiger partial charge in [-0.15, -0.1) is 0 Å². The Balaban J connectivity index is 2.15. The smallest absolute Gasteiger partial charge is 0.227 e. The Morgan fingerprint density at radius 2 is 2.15 bits per heavy atom. The highest BCUT2D eigenvalue weighted by atomic mass is 16.3. The van der Waals surface area contributed by atoms with Crippen LogP contribution < -0.4 is 0 Å². The van der Waals surface area contributed by atoms with Gasteiger partial charge in [0.2, 0.25) is 5.91 Å². The van der Waals surface area contributed by atoms with Crippen molar-refractivity contribution < 1.29 is 9.90 Å². The SMILES string of the molecule is C=C/C=C\C(=C/CC)CC(=O)N(C)C(CN1CC[C@H](O)C1)c1ccccc1. The highest BCUT2D eigenvalue weighted by Gasteiger charge is 2.28. The van der Waals surface area contributed by atoms with Gasteiger partial charge in [0.05, 0.1) is 18.6 Å². The number of amides is 1. The molecule has 0 spiro atoms. The third-order valence-electron chi connectivity index (χ3n) is 4.99. The zero-order chi connectivity index (χ0) is 19.6. The minimum absolute atomic E-state index is 0.0322. The second-order valence-electron chi connectivity index (χ2n) is 7.09. The van der Waals surface area contributed by atoms with Crippen molar-refractivity contribution in [2.45, 2.75) is 38.3 Å². The van der Waals surface area contributed by atoms with Crippen molar-refractivity contribution in [2.75, 3.05) is 26.7 Å².